The Morgan fingerprint density at radius 2 is 2.00 bits per heavy atom. The normalized spacial score (nSPS) is 13.0. The third-order valence-corrected chi connectivity index (χ3v) is 2.83. The lowest BCUT2D eigenvalue weighted by atomic mass is 10.3. The molecule has 0 saturated carbocycles. The SMILES string of the molecule is C=C(C)C(=O)OCC(CCOCCCC)OP(=O)(O)O. The molecule has 0 radical (unpaired) electrons. The Morgan fingerprint density at radius 1 is 1.35 bits per heavy atom. The maximum Gasteiger partial charge on any atom is 0.469 e. The van der Waals surface area contributed by atoms with E-state index in [1.807, 2.05) is 6.92 Å². The third kappa shape index (κ3) is 11.1. The zero-order chi connectivity index (χ0) is 15.6. The minimum Gasteiger partial charge on any atom is -0.460 e. The number of phosphoric acid groups is 1. The van der Waals surface area contributed by atoms with Crippen LogP contribution in [-0.2, 0) is 23.4 Å². The lowest BCUT2D eigenvalue weighted by Crippen LogP contribution is -2.23. The standard InChI is InChI=1S/C12H23O7P/c1-4-5-7-17-8-6-11(19-20(14,15)16)9-18-12(13)10(2)3/h11H,2,4-9H2,1,3H3,(H2,14,15,16). The molecule has 0 fully saturated rings. The van der Waals surface area contributed by atoms with Gasteiger partial charge in [0.25, 0.3) is 0 Å². The highest BCUT2D eigenvalue weighted by Gasteiger charge is 2.23. The fourth-order valence-electron chi connectivity index (χ4n) is 1.22. The largest absolute Gasteiger partial charge is 0.469 e. The first kappa shape index (κ1) is 19.3. The predicted molar refractivity (Wildman–Crippen MR) is 73.0 cm³/mol. The maximum atomic E-state index is 11.2. The Balaban J connectivity index is 4.17. The first-order chi connectivity index (χ1) is 9.26. The van der Waals surface area contributed by atoms with Gasteiger partial charge in [0.05, 0.1) is 0 Å². The quantitative estimate of drug-likeness (QED) is 0.259. The van der Waals surface area contributed by atoms with E-state index < -0.39 is 19.9 Å². The van der Waals surface area contributed by atoms with Gasteiger partial charge in [0, 0.05) is 25.2 Å². The van der Waals surface area contributed by atoms with Crippen LogP contribution in [0.5, 0.6) is 0 Å². The van der Waals surface area contributed by atoms with Crippen molar-refractivity contribution in [3.8, 4) is 0 Å². The number of hydrogen-bond donors (Lipinski definition) is 2. The third-order valence-electron chi connectivity index (χ3n) is 2.26. The lowest BCUT2D eigenvalue weighted by molar-refractivity contribution is -0.142. The highest BCUT2D eigenvalue weighted by molar-refractivity contribution is 7.46. The highest BCUT2D eigenvalue weighted by Crippen LogP contribution is 2.38. The summed E-state index contributed by atoms with van der Waals surface area (Å²) in [6, 6.07) is 0. The van der Waals surface area contributed by atoms with Crippen LogP contribution >= 0.6 is 7.82 Å². The summed E-state index contributed by atoms with van der Waals surface area (Å²) in [5, 5.41) is 0. The number of ether oxygens (including phenoxy) is 2. The van der Waals surface area contributed by atoms with E-state index in [1.54, 1.807) is 0 Å². The van der Waals surface area contributed by atoms with Gasteiger partial charge in [0.15, 0.2) is 0 Å². The second kappa shape index (κ2) is 10.1. The molecule has 0 rings (SSSR count). The zero-order valence-electron chi connectivity index (χ0n) is 11.9. The van der Waals surface area contributed by atoms with Gasteiger partial charge in [-0.2, -0.15) is 0 Å². The van der Waals surface area contributed by atoms with Crippen LogP contribution in [0.3, 0.4) is 0 Å². The average Bonchev–Trinajstić information content (AvgIpc) is 2.33. The van der Waals surface area contributed by atoms with Gasteiger partial charge in [0.1, 0.15) is 12.7 Å². The summed E-state index contributed by atoms with van der Waals surface area (Å²) < 4.78 is 25.5. The van der Waals surface area contributed by atoms with E-state index in [2.05, 4.69) is 11.1 Å². The van der Waals surface area contributed by atoms with Gasteiger partial charge >= 0.3 is 13.8 Å². The second-order valence-electron chi connectivity index (χ2n) is 4.35. The molecule has 0 bridgehead atoms. The summed E-state index contributed by atoms with van der Waals surface area (Å²) in [4.78, 5) is 28.8. The molecule has 0 aliphatic carbocycles. The minimum absolute atomic E-state index is 0.208. The van der Waals surface area contributed by atoms with Crippen LogP contribution in [0.1, 0.15) is 33.1 Å². The van der Waals surface area contributed by atoms with Crippen LogP contribution in [-0.4, -0.2) is 41.7 Å². The summed E-state index contributed by atoms with van der Waals surface area (Å²) in [6.07, 6.45) is 1.21. The van der Waals surface area contributed by atoms with E-state index in [1.165, 1.54) is 6.92 Å². The second-order valence-corrected chi connectivity index (χ2v) is 5.54. The number of esters is 1. The molecule has 8 heteroatoms. The van der Waals surface area contributed by atoms with Crippen LogP contribution in [0.2, 0.25) is 0 Å². The minimum atomic E-state index is -4.64. The smallest absolute Gasteiger partial charge is 0.460 e. The summed E-state index contributed by atoms with van der Waals surface area (Å²) >= 11 is 0. The first-order valence-corrected chi connectivity index (χ1v) is 7.93. The van der Waals surface area contributed by atoms with Crippen molar-refractivity contribution in [1.82, 2.24) is 0 Å². The molecule has 118 valence electrons. The van der Waals surface area contributed by atoms with Crippen LogP contribution in [0.4, 0.5) is 0 Å². The summed E-state index contributed by atoms with van der Waals surface area (Å²) in [5.41, 5.74) is 0.208. The Bertz CT molecular complexity index is 350. The molecule has 1 atom stereocenters. The van der Waals surface area contributed by atoms with Gasteiger partial charge in [-0.05, 0) is 13.3 Å². The van der Waals surface area contributed by atoms with Crippen LogP contribution in [0.25, 0.3) is 0 Å². The summed E-state index contributed by atoms with van der Waals surface area (Å²) in [7, 11) is -4.64. The van der Waals surface area contributed by atoms with Crippen molar-refractivity contribution < 1.29 is 33.1 Å². The van der Waals surface area contributed by atoms with Gasteiger partial charge in [-0.15, -0.1) is 0 Å². The van der Waals surface area contributed by atoms with Crippen LogP contribution in [0.15, 0.2) is 12.2 Å². The van der Waals surface area contributed by atoms with E-state index in [4.69, 9.17) is 19.3 Å². The Labute approximate surface area is 119 Å². The van der Waals surface area contributed by atoms with Gasteiger partial charge in [-0.25, -0.2) is 9.36 Å². The number of phosphoric ester groups is 1. The number of hydrogen-bond acceptors (Lipinski definition) is 5. The fourth-order valence-corrected chi connectivity index (χ4v) is 1.77. The molecule has 0 amide bonds. The summed E-state index contributed by atoms with van der Waals surface area (Å²) in [5.74, 6) is -0.629. The molecule has 0 aliphatic rings. The molecule has 0 spiro atoms. The molecule has 0 aromatic carbocycles. The molecule has 20 heavy (non-hydrogen) atoms. The molecule has 2 N–H and O–H groups in total. The van der Waals surface area contributed by atoms with Gasteiger partial charge in [-0.3, -0.25) is 4.52 Å². The fraction of sp³-hybridized carbons (Fsp3) is 0.750. The molecule has 1 unspecified atom stereocenters. The number of carbonyl (C=O) groups excluding carboxylic acids is 1. The topological polar surface area (TPSA) is 102 Å². The molecular formula is C12H23O7P. The zero-order valence-corrected chi connectivity index (χ0v) is 12.8. The van der Waals surface area contributed by atoms with E-state index in [0.717, 1.165) is 12.8 Å². The van der Waals surface area contributed by atoms with Crippen molar-refractivity contribution in [3.63, 3.8) is 0 Å². The monoisotopic (exact) mass is 310 g/mol. The van der Waals surface area contributed by atoms with E-state index in [9.17, 15) is 9.36 Å². The van der Waals surface area contributed by atoms with Crippen molar-refractivity contribution in [1.29, 1.82) is 0 Å². The molecule has 0 aromatic rings. The first-order valence-electron chi connectivity index (χ1n) is 6.40. The summed E-state index contributed by atoms with van der Waals surface area (Å²) in [6.45, 7) is 7.51. The molecule has 7 nitrogen and oxygen atoms in total. The molecule has 0 saturated heterocycles. The Morgan fingerprint density at radius 3 is 2.50 bits per heavy atom. The number of carbonyl (C=O) groups is 1. The molecule has 0 heterocycles. The van der Waals surface area contributed by atoms with E-state index >= 15 is 0 Å². The van der Waals surface area contributed by atoms with Crippen molar-refractivity contribution >= 4 is 13.8 Å². The lowest BCUT2D eigenvalue weighted by Gasteiger charge is -2.18. The Hall–Kier alpha value is -0.720. The van der Waals surface area contributed by atoms with Crippen molar-refractivity contribution in [2.24, 2.45) is 0 Å². The Kier molecular flexibility index (Phi) is 9.71. The highest BCUT2D eigenvalue weighted by atomic mass is 31.2. The number of unbranched alkanes of at least 4 members (excludes halogenated alkanes) is 1. The predicted octanol–water partition coefficient (Wildman–Crippen LogP) is 1.79. The van der Waals surface area contributed by atoms with Gasteiger partial charge in [-0.1, -0.05) is 19.9 Å². The maximum absolute atomic E-state index is 11.2. The van der Waals surface area contributed by atoms with Gasteiger partial charge < -0.3 is 19.3 Å². The van der Waals surface area contributed by atoms with Crippen molar-refractivity contribution in [2.45, 2.75) is 39.2 Å². The van der Waals surface area contributed by atoms with Crippen molar-refractivity contribution in [3.05, 3.63) is 12.2 Å². The van der Waals surface area contributed by atoms with E-state index in [0.29, 0.717) is 6.61 Å². The molecule has 0 aromatic heterocycles. The molecule has 0 aliphatic heterocycles. The van der Waals surface area contributed by atoms with Crippen LogP contribution < -0.4 is 0 Å². The number of rotatable bonds is 11. The van der Waals surface area contributed by atoms with Crippen molar-refractivity contribution in [2.75, 3.05) is 19.8 Å². The molecular weight excluding hydrogens is 287 g/mol. The van der Waals surface area contributed by atoms with Gasteiger partial charge in [0.2, 0.25) is 0 Å². The van der Waals surface area contributed by atoms with E-state index in [-0.39, 0.29) is 25.2 Å². The average molecular weight is 310 g/mol. The van der Waals surface area contributed by atoms with Crippen LogP contribution in [0, 0.1) is 0 Å².